The van der Waals surface area contributed by atoms with E-state index in [0.29, 0.717) is 5.13 Å². The van der Waals surface area contributed by atoms with Gasteiger partial charge in [0.1, 0.15) is 0 Å². The minimum Gasteiger partial charge on any atom is -0.461 e. The SMILES string of the molecule is CCOC(=O)c1csc(NC(=O)Cc2c(C)nc3ccccc3c2-c2ccccc2)n1. The number of fused-ring (bicyclic) bond motifs is 1. The quantitative estimate of drug-likeness (QED) is 0.433. The van der Waals surface area contributed by atoms with Gasteiger partial charge in [-0.2, -0.15) is 0 Å². The highest BCUT2D eigenvalue weighted by molar-refractivity contribution is 7.14. The van der Waals surface area contributed by atoms with Gasteiger partial charge >= 0.3 is 5.97 Å². The van der Waals surface area contributed by atoms with Crippen LogP contribution >= 0.6 is 11.3 Å². The average Bonchev–Trinajstić information content (AvgIpc) is 3.23. The molecule has 2 heterocycles. The second-order valence-electron chi connectivity index (χ2n) is 6.92. The molecule has 0 radical (unpaired) electrons. The van der Waals surface area contributed by atoms with Gasteiger partial charge in [0.25, 0.3) is 0 Å². The van der Waals surface area contributed by atoms with Crippen LogP contribution in [0.1, 0.15) is 28.7 Å². The number of pyridine rings is 1. The molecule has 0 saturated heterocycles. The molecule has 0 aliphatic rings. The average molecular weight is 432 g/mol. The van der Waals surface area contributed by atoms with Gasteiger partial charge in [0.05, 0.1) is 18.5 Å². The molecule has 1 N–H and O–H groups in total. The lowest BCUT2D eigenvalue weighted by Crippen LogP contribution is -2.16. The molecule has 31 heavy (non-hydrogen) atoms. The minimum atomic E-state index is -0.500. The highest BCUT2D eigenvalue weighted by Gasteiger charge is 2.18. The number of ether oxygens (including phenoxy) is 1. The summed E-state index contributed by atoms with van der Waals surface area (Å²) in [6.07, 6.45) is 0.141. The number of thiazole rings is 1. The molecule has 0 spiro atoms. The van der Waals surface area contributed by atoms with Crippen molar-refractivity contribution in [1.29, 1.82) is 0 Å². The molecular weight excluding hydrogens is 410 g/mol. The van der Waals surface area contributed by atoms with Crippen LogP contribution in [0.5, 0.6) is 0 Å². The van der Waals surface area contributed by atoms with Crippen molar-refractivity contribution in [3.63, 3.8) is 0 Å². The number of nitrogens with zero attached hydrogens (tertiary/aromatic N) is 2. The number of nitrogens with one attached hydrogen (secondary N) is 1. The van der Waals surface area contributed by atoms with Crippen LogP contribution in [0, 0.1) is 6.92 Å². The fraction of sp³-hybridized carbons (Fsp3) is 0.167. The van der Waals surface area contributed by atoms with E-state index in [4.69, 9.17) is 9.72 Å². The Hall–Kier alpha value is -3.58. The molecule has 4 rings (SSSR count). The Morgan fingerprint density at radius 2 is 1.77 bits per heavy atom. The molecule has 2 aromatic carbocycles. The molecule has 6 nitrogen and oxygen atoms in total. The van der Waals surface area contributed by atoms with E-state index in [1.54, 1.807) is 12.3 Å². The van der Waals surface area contributed by atoms with Crippen LogP contribution in [0.25, 0.3) is 22.0 Å². The van der Waals surface area contributed by atoms with Crippen LogP contribution in [0.15, 0.2) is 60.0 Å². The van der Waals surface area contributed by atoms with E-state index >= 15 is 0 Å². The molecule has 156 valence electrons. The number of benzene rings is 2. The van der Waals surface area contributed by atoms with Crippen molar-refractivity contribution in [2.45, 2.75) is 20.3 Å². The molecule has 0 bridgehead atoms. The number of esters is 1. The summed E-state index contributed by atoms with van der Waals surface area (Å²) in [6, 6.07) is 17.9. The zero-order valence-electron chi connectivity index (χ0n) is 17.2. The molecule has 0 aliphatic carbocycles. The first kappa shape index (κ1) is 20.7. The summed E-state index contributed by atoms with van der Waals surface area (Å²) >= 11 is 1.19. The van der Waals surface area contributed by atoms with Gasteiger partial charge in [0, 0.05) is 16.5 Å². The van der Waals surface area contributed by atoms with E-state index in [0.717, 1.165) is 33.3 Å². The number of hydrogen-bond donors (Lipinski definition) is 1. The van der Waals surface area contributed by atoms with Gasteiger partial charge in [-0.1, -0.05) is 48.5 Å². The van der Waals surface area contributed by atoms with E-state index in [9.17, 15) is 9.59 Å². The molecule has 2 aromatic heterocycles. The predicted octanol–water partition coefficient (Wildman–Crippen LogP) is 5.02. The van der Waals surface area contributed by atoms with Gasteiger partial charge in [0.15, 0.2) is 10.8 Å². The van der Waals surface area contributed by atoms with Crippen molar-refractivity contribution in [3.05, 3.63) is 76.9 Å². The van der Waals surface area contributed by atoms with Crippen LogP contribution in [0.2, 0.25) is 0 Å². The molecule has 0 atom stereocenters. The number of carbonyl (C=O) groups is 2. The summed E-state index contributed by atoms with van der Waals surface area (Å²) < 4.78 is 4.95. The Kier molecular flexibility index (Phi) is 6.04. The third-order valence-corrected chi connectivity index (χ3v) is 5.59. The Bertz CT molecular complexity index is 1250. The number of amides is 1. The van der Waals surface area contributed by atoms with Crippen LogP contribution in [0.4, 0.5) is 5.13 Å². The monoisotopic (exact) mass is 431 g/mol. The van der Waals surface area contributed by atoms with Gasteiger partial charge in [-0.05, 0) is 36.6 Å². The number of carbonyl (C=O) groups excluding carboxylic acids is 2. The van der Waals surface area contributed by atoms with Gasteiger partial charge in [-0.15, -0.1) is 11.3 Å². The summed E-state index contributed by atoms with van der Waals surface area (Å²) in [5.74, 6) is -0.720. The largest absolute Gasteiger partial charge is 0.461 e. The van der Waals surface area contributed by atoms with Gasteiger partial charge in [-0.25, -0.2) is 9.78 Å². The number of rotatable bonds is 6. The van der Waals surface area contributed by atoms with E-state index < -0.39 is 5.97 Å². The summed E-state index contributed by atoms with van der Waals surface area (Å²) in [4.78, 5) is 33.6. The number of aryl methyl sites for hydroxylation is 1. The normalized spacial score (nSPS) is 10.8. The zero-order valence-corrected chi connectivity index (χ0v) is 18.0. The topological polar surface area (TPSA) is 81.2 Å². The van der Waals surface area contributed by atoms with E-state index in [1.165, 1.54) is 11.3 Å². The van der Waals surface area contributed by atoms with Gasteiger partial charge < -0.3 is 10.1 Å². The van der Waals surface area contributed by atoms with Crippen molar-refractivity contribution in [3.8, 4) is 11.1 Å². The molecule has 4 aromatic rings. The fourth-order valence-corrected chi connectivity index (χ4v) is 4.17. The standard InChI is InChI=1S/C24H21N3O3S/c1-3-30-23(29)20-14-31-24(26-20)27-21(28)13-18-15(2)25-19-12-8-7-11-17(19)22(18)16-9-5-4-6-10-16/h4-12,14H,3,13H2,1-2H3,(H,26,27,28). The Balaban J connectivity index is 1.66. The van der Waals surface area contributed by atoms with Gasteiger partial charge in [-0.3, -0.25) is 9.78 Å². The van der Waals surface area contributed by atoms with E-state index in [-0.39, 0.29) is 24.6 Å². The first-order valence-electron chi connectivity index (χ1n) is 9.93. The summed E-state index contributed by atoms with van der Waals surface area (Å²) in [5, 5.41) is 5.73. The van der Waals surface area contributed by atoms with E-state index in [1.807, 2.05) is 61.5 Å². The molecule has 1 amide bonds. The lowest BCUT2D eigenvalue weighted by Gasteiger charge is -2.15. The fourth-order valence-electron chi connectivity index (χ4n) is 3.48. The number of aromatic nitrogens is 2. The van der Waals surface area contributed by atoms with Crippen molar-refractivity contribution in [2.24, 2.45) is 0 Å². The zero-order chi connectivity index (χ0) is 21.8. The third kappa shape index (κ3) is 4.46. The summed E-state index contributed by atoms with van der Waals surface area (Å²) in [5.41, 5.74) is 4.79. The maximum atomic E-state index is 12.9. The van der Waals surface area contributed by atoms with E-state index in [2.05, 4.69) is 10.3 Å². The smallest absolute Gasteiger partial charge is 0.357 e. The number of anilines is 1. The second-order valence-corrected chi connectivity index (χ2v) is 7.78. The maximum absolute atomic E-state index is 12.9. The first-order chi connectivity index (χ1) is 15.1. The predicted molar refractivity (Wildman–Crippen MR) is 122 cm³/mol. The molecule has 0 saturated carbocycles. The highest BCUT2D eigenvalue weighted by atomic mass is 32.1. The van der Waals surface area contributed by atoms with Crippen LogP contribution in [-0.4, -0.2) is 28.5 Å². The van der Waals surface area contributed by atoms with Crippen LogP contribution in [-0.2, 0) is 16.0 Å². The lowest BCUT2D eigenvalue weighted by atomic mass is 9.92. The summed E-state index contributed by atoms with van der Waals surface area (Å²) in [7, 11) is 0. The van der Waals surface area contributed by atoms with Crippen molar-refractivity contribution in [1.82, 2.24) is 9.97 Å². The van der Waals surface area contributed by atoms with Crippen LogP contribution < -0.4 is 5.32 Å². The van der Waals surface area contributed by atoms with Crippen LogP contribution in [0.3, 0.4) is 0 Å². The van der Waals surface area contributed by atoms with Crippen molar-refractivity contribution < 1.29 is 14.3 Å². The highest BCUT2D eigenvalue weighted by Crippen LogP contribution is 2.33. The van der Waals surface area contributed by atoms with Crippen molar-refractivity contribution in [2.75, 3.05) is 11.9 Å². The maximum Gasteiger partial charge on any atom is 0.357 e. The van der Waals surface area contributed by atoms with Crippen molar-refractivity contribution >= 4 is 39.2 Å². The second kappa shape index (κ2) is 9.06. The number of para-hydroxylation sites is 1. The first-order valence-corrected chi connectivity index (χ1v) is 10.8. The van der Waals surface area contributed by atoms with Gasteiger partial charge in [0.2, 0.25) is 5.91 Å². The Labute approximate surface area is 183 Å². The Morgan fingerprint density at radius 1 is 1.03 bits per heavy atom. The molecule has 7 heteroatoms. The third-order valence-electron chi connectivity index (χ3n) is 4.83. The number of hydrogen-bond acceptors (Lipinski definition) is 6. The Morgan fingerprint density at radius 3 is 2.55 bits per heavy atom. The molecule has 0 unspecified atom stereocenters. The molecule has 0 aliphatic heterocycles. The summed E-state index contributed by atoms with van der Waals surface area (Å²) in [6.45, 7) is 3.93. The molecule has 0 fully saturated rings. The minimum absolute atomic E-state index is 0.141. The lowest BCUT2D eigenvalue weighted by molar-refractivity contribution is -0.115. The molecular formula is C24H21N3O3S.